The van der Waals surface area contributed by atoms with Gasteiger partial charge in [-0.05, 0) is 44.9 Å². The fourth-order valence-electron chi connectivity index (χ4n) is 2.55. The van der Waals surface area contributed by atoms with Gasteiger partial charge in [0.15, 0.2) is 0 Å². The van der Waals surface area contributed by atoms with Crippen LogP contribution in [0.1, 0.15) is 31.7 Å². The third kappa shape index (κ3) is 4.37. The number of halogens is 2. The van der Waals surface area contributed by atoms with Gasteiger partial charge in [0, 0.05) is 6.04 Å². The Labute approximate surface area is 132 Å². The Hall–Kier alpha value is -0.770. The molecule has 1 fully saturated rings. The fourth-order valence-corrected chi connectivity index (χ4v) is 2.82. The topological polar surface area (TPSA) is 32.3 Å². The summed E-state index contributed by atoms with van der Waals surface area (Å²) >= 11 is 6.12. The number of aryl methyl sites for hydroxylation is 1. The Morgan fingerprint density at radius 3 is 2.85 bits per heavy atom. The number of nitrogens with one attached hydrogen (secondary N) is 1. The van der Waals surface area contributed by atoms with Crippen molar-refractivity contribution in [2.45, 2.75) is 39.2 Å². The van der Waals surface area contributed by atoms with Gasteiger partial charge in [-0.1, -0.05) is 30.2 Å². The molecule has 1 amide bonds. The number of amides is 1. The van der Waals surface area contributed by atoms with Crippen LogP contribution in [0.4, 0.5) is 5.69 Å². The molecule has 1 saturated heterocycles. The average Bonchev–Trinajstić information content (AvgIpc) is 2.37. The van der Waals surface area contributed by atoms with Crippen molar-refractivity contribution in [1.82, 2.24) is 4.90 Å². The van der Waals surface area contributed by atoms with E-state index in [0.29, 0.717) is 17.6 Å². The predicted octanol–water partition coefficient (Wildman–Crippen LogP) is 0.465. The number of para-hydroxylation sites is 1. The number of nitrogens with zero attached hydrogens (tertiary/aromatic N) is 1. The Balaban J connectivity index is 0.00000200. The van der Waals surface area contributed by atoms with E-state index in [9.17, 15) is 4.79 Å². The zero-order chi connectivity index (χ0) is 13.8. The molecule has 2 rings (SSSR count). The first kappa shape index (κ1) is 17.3. The number of anilines is 1. The van der Waals surface area contributed by atoms with Crippen molar-refractivity contribution < 1.29 is 17.2 Å². The summed E-state index contributed by atoms with van der Waals surface area (Å²) in [4.78, 5) is 14.4. The van der Waals surface area contributed by atoms with E-state index in [0.717, 1.165) is 17.8 Å². The molecule has 0 radical (unpaired) electrons. The van der Waals surface area contributed by atoms with Crippen molar-refractivity contribution in [2.24, 2.45) is 0 Å². The fraction of sp³-hybridized carbons (Fsp3) is 0.533. The van der Waals surface area contributed by atoms with E-state index < -0.39 is 0 Å². The van der Waals surface area contributed by atoms with Crippen LogP contribution in [0.2, 0.25) is 5.02 Å². The highest BCUT2D eigenvalue weighted by atomic mass is 35.5. The summed E-state index contributed by atoms with van der Waals surface area (Å²) in [6.07, 6.45) is 3.63. The molecular formula is C15H21Cl2N2O-. The van der Waals surface area contributed by atoms with Gasteiger partial charge in [-0.2, -0.15) is 0 Å². The molecule has 3 nitrogen and oxygen atoms in total. The minimum Gasteiger partial charge on any atom is -1.00 e. The number of likely N-dealkylation sites (tertiary alicyclic amines) is 1. The minimum absolute atomic E-state index is 0. The van der Waals surface area contributed by atoms with Crippen molar-refractivity contribution in [1.29, 1.82) is 0 Å². The van der Waals surface area contributed by atoms with Crippen LogP contribution < -0.4 is 17.7 Å². The number of rotatable bonds is 3. The van der Waals surface area contributed by atoms with Gasteiger partial charge in [-0.15, -0.1) is 0 Å². The molecule has 0 bridgehead atoms. The van der Waals surface area contributed by atoms with Crippen LogP contribution in [-0.4, -0.2) is 29.9 Å². The smallest absolute Gasteiger partial charge is 0.238 e. The van der Waals surface area contributed by atoms with E-state index in [1.807, 2.05) is 19.1 Å². The second-order valence-corrected chi connectivity index (χ2v) is 5.70. The zero-order valence-electron chi connectivity index (χ0n) is 12.0. The highest BCUT2D eigenvalue weighted by Gasteiger charge is 2.20. The molecule has 1 unspecified atom stereocenters. The van der Waals surface area contributed by atoms with Crippen LogP contribution in [-0.2, 0) is 4.79 Å². The second-order valence-electron chi connectivity index (χ2n) is 5.30. The summed E-state index contributed by atoms with van der Waals surface area (Å²) in [7, 11) is 0. The molecule has 1 atom stereocenters. The molecule has 1 heterocycles. The highest BCUT2D eigenvalue weighted by molar-refractivity contribution is 6.33. The molecule has 20 heavy (non-hydrogen) atoms. The number of piperidine rings is 1. The third-order valence-electron chi connectivity index (χ3n) is 3.77. The molecule has 1 aromatic rings. The van der Waals surface area contributed by atoms with E-state index in [-0.39, 0.29) is 18.3 Å². The molecule has 0 saturated carbocycles. The van der Waals surface area contributed by atoms with Crippen LogP contribution in [0, 0.1) is 6.92 Å². The summed E-state index contributed by atoms with van der Waals surface area (Å²) in [5, 5.41) is 3.53. The first-order chi connectivity index (χ1) is 9.08. The summed E-state index contributed by atoms with van der Waals surface area (Å²) in [6, 6.07) is 6.13. The van der Waals surface area contributed by atoms with Crippen molar-refractivity contribution in [2.75, 3.05) is 18.4 Å². The van der Waals surface area contributed by atoms with E-state index in [2.05, 4.69) is 17.1 Å². The van der Waals surface area contributed by atoms with Gasteiger partial charge < -0.3 is 17.7 Å². The first-order valence-electron chi connectivity index (χ1n) is 6.87. The standard InChI is InChI=1S/C15H21ClN2O.ClH/c1-11-6-5-8-13(16)15(11)17-14(19)10-18-9-4-3-7-12(18)2;/h5-6,8,12H,3-4,7,9-10H2,1-2H3,(H,17,19);1H/p-1. The van der Waals surface area contributed by atoms with Crippen LogP contribution in [0.5, 0.6) is 0 Å². The summed E-state index contributed by atoms with van der Waals surface area (Å²) in [5.41, 5.74) is 1.73. The SMILES string of the molecule is Cc1cccc(Cl)c1NC(=O)CN1CCCCC1C.[Cl-]. The van der Waals surface area contributed by atoms with Gasteiger partial charge in [0.05, 0.1) is 17.3 Å². The van der Waals surface area contributed by atoms with Crippen molar-refractivity contribution in [3.63, 3.8) is 0 Å². The lowest BCUT2D eigenvalue weighted by Crippen LogP contribution is -3.00. The van der Waals surface area contributed by atoms with E-state index in [1.54, 1.807) is 6.07 Å². The molecule has 112 valence electrons. The van der Waals surface area contributed by atoms with Crippen LogP contribution in [0.25, 0.3) is 0 Å². The summed E-state index contributed by atoms with van der Waals surface area (Å²) in [5.74, 6) is 0.0185. The van der Waals surface area contributed by atoms with E-state index in [1.165, 1.54) is 19.3 Å². The number of hydrogen-bond acceptors (Lipinski definition) is 2. The Bertz CT molecular complexity index is 445. The Morgan fingerprint density at radius 2 is 2.20 bits per heavy atom. The molecule has 1 N–H and O–H groups in total. The largest absolute Gasteiger partial charge is 1.00 e. The van der Waals surface area contributed by atoms with Gasteiger partial charge in [0.25, 0.3) is 0 Å². The lowest BCUT2D eigenvalue weighted by Gasteiger charge is -2.32. The minimum atomic E-state index is 0. The Kier molecular flexibility index (Phi) is 6.80. The van der Waals surface area contributed by atoms with Crippen LogP contribution in [0.15, 0.2) is 18.2 Å². The highest BCUT2D eigenvalue weighted by Crippen LogP contribution is 2.25. The number of hydrogen-bond donors (Lipinski definition) is 1. The van der Waals surface area contributed by atoms with E-state index in [4.69, 9.17) is 11.6 Å². The van der Waals surface area contributed by atoms with Crippen LogP contribution >= 0.6 is 11.6 Å². The van der Waals surface area contributed by atoms with Gasteiger partial charge in [0.2, 0.25) is 5.91 Å². The normalized spacial score (nSPS) is 19.2. The Morgan fingerprint density at radius 1 is 1.45 bits per heavy atom. The monoisotopic (exact) mass is 315 g/mol. The first-order valence-corrected chi connectivity index (χ1v) is 7.24. The zero-order valence-corrected chi connectivity index (χ0v) is 13.5. The van der Waals surface area contributed by atoms with Gasteiger partial charge in [-0.3, -0.25) is 9.69 Å². The van der Waals surface area contributed by atoms with Crippen molar-refractivity contribution in [3.05, 3.63) is 28.8 Å². The van der Waals surface area contributed by atoms with Gasteiger partial charge in [-0.25, -0.2) is 0 Å². The molecule has 1 aromatic carbocycles. The maximum atomic E-state index is 12.1. The average molecular weight is 316 g/mol. The lowest BCUT2D eigenvalue weighted by molar-refractivity contribution is -0.118. The van der Waals surface area contributed by atoms with Gasteiger partial charge in [0.1, 0.15) is 0 Å². The molecule has 0 spiro atoms. The van der Waals surface area contributed by atoms with Crippen molar-refractivity contribution in [3.8, 4) is 0 Å². The molecule has 0 aliphatic carbocycles. The molecule has 1 aliphatic heterocycles. The quantitative estimate of drug-likeness (QED) is 0.879. The third-order valence-corrected chi connectivity index (χ3v) is 4.09. The van der Waals surface area contributed by atoms with Gasteiger partial charge >= 0.3 is 0 Å². The second kappa shape index (κ2) is 7.87. The van der Waals surface area contributed by atoms with Crippen molar-refractivity contribution >= 4 is 23.2 Å². The maximum Gasteiger partial charge on any atom is 0.238 e. The molecule has 5 heteroatoms. The number of carbonyl (C=O) groups excluding carboxylic acids is 1. The predicted molar refractivity (Wildman–Crippen MR) is 79.7 cm³/mol. The van der Waals surface area contributed by atoms with Crippen LogP contribution in [0.3, 0.4) is 0 Å². The molecule has 0 aromatic heterocycles. The van der Waals surface area contributed by atoms with E-state index >= 15 is 0 Å². The number of benzene rings is 1. The number of carbonyl (C=O) groups is 1. The summed E-state index contributed by atoms with van der Waals surface area (Å²) < 4.78 is 0. The maximum absolute atomic E-state index is 12.1. The molecule has 1 aliphatic rings. The molecular weight excluding hydrogens is 295 g/mol. The summed E-state index contributed by atoms with van der Waals surface area (Å²) in [6.45, 7) is 5.60. The lowest BCUT2D eigenvalue weighted by atomic mass is 10.0.